The van der Waals surface area contributed by atoms with Gasteiger partial charge >= 0.3 is 0 Å². The first-order valence-electron chi connectivity index (χ1n) is 4.87. The molecule has 0 aliphatic carbocycles. The summed E-state index contributed by atoms with van der Waals surface area (Å²) in [5.41, 5.74) is 0.895. The summed E-state index contributed by atoms with van der Waals surface area (Å²) in [6.07, 6.45) is 3.88. The fraction of sp³-hybridized carbons (Fsp3) is 0.400. The van der Waals surface area contributed by atoms with Crippen molar-refractivity contribution in [3.63, 3.8) is 0 Å². The van der Waals surface area contributed by atoms with Gasteiger partial charge in [0, 0.05) is 21.9 Å². The van der Waals surface area contributed by atoms with E-state index in [0.717, 1.165) is 27.0 Å². The van der Waals surface area contributed by atoms with Crippen LogP contribution in [0.4, 0.5) is 0 Å². The largest absolute Gasteiger partial charge is 0.369 e. The SMILES string of the molecule is CC1COC1c1ncc2c(I)c[nH]c2n1. The van der Waals surface area contributed by atoms with Crippen molar-refractivity contribution in [3.8, 4) is 0 Å². The third-order valence-electron chi connectivity index (χ3n) is 2.71. The quantitative estimate of drug-likeness (QED) is 0.822. The molecule has 1 N–H and O–H groups in total. The Balaban J connectivity index is 2.06. The van der Waals surface area contributed by atoms with Crippen LogP contribution in [0.25, 0.3) is 11.0 Å². The molecule has 0 amide bonds. The lowest BCUT2D eigenvalue weighted by Crippen LogP contribution is -2.31. The van der Waals surface area contributed by atoms with Crippen molar-refractivity contribution >= 4 is 33.6 Å². The van der Waals surface area contributed by atoms with E-state index in [9.17, 15) is 0 Å². The van der Waals surface area contributed by atoms with Gasteiger partial charge in [-0.05, 0) is 22.6 Å². The third kappa shape index (κ3) is 1.45. The summed E-state index contributed by atoms with van der Waals surface area (Å²) in [4.78, 5) is 12.0. The van der Waals surface area contributed by atoms with Crippen LogP contribution in [0.1, 0.15) is 18.9 Å². The second-order valence-electron chi connectivity index (χ2n) is 3.86. The highest BCUT2D eigenvalue weighted by molar-refractivity contribution is 14.1. The molecule has 1 aliphatic heterocycles. The number of ether oxygens (including phenoxy) is 1. The van der Waals surface area contributed by atoms with Crippen molar-refractivity contribution in [2.75, 3.05) is 6.61 Å². The second kappa shape index (κ2) is 3.41. The molecule has 0 spiro atoms. The maximum atomic E-state index is 5.44. The van der Waals surface area contributed by atoms with Gasteiger partial charge in [-0.1, -0.05) is 6.92 Å². The van der Waals surface area contributed by atoms with Gasteiger partial charge < -0.3 is 9.72 Å². The Morgan fingerprint density at radius 1 is 1.60 bits per heavy atom. The van der Waals surface area contributed by atoms with Gasteiger partial charge in [0.05, 0.1) is 12.0 Å². The molecule has 0 aromatic carbocycles. The molecule has 1 fully saturated rings. The monoisotopic (exact) mass is 315 g/mol. The van der Waals surface area contributed by atoms with E-state index >= 15 is 0 Å². The van der Waals surface area contributed by atoms with Crippen LogP contribution in [0, 0.1) is 9.49 Å². The van der Waals surface area contributed by atoms with Crippen molar-refractivity contribution in [1.29, 1.82) is 0 Å². The van der Waals surface area contributed by atoms with Gasteiger partial charge in [-0.2, -0.15) is 0 Å². The minimum Gasteiger partial charge on any atom is -0.369 e. The number of hydrogen-bond donors (Lipinski definition) is 1. The van der Waals surface area contributed by atoms with Gasteiger partial charge in [0.1, 0.15) is 11.8 Å². The van der Waals surface area contributed by atoms with Crippen molar-refractivity contribution < 1.29 is 4.74 Å². The molecule has 2 unspecified atom stereocenters. The average Bonchev–Trinajstić information content (AvgIpc) is 2.58. The third-order valence-corrected chi connectivity index (χ3v) is 3.60. The zero-order valence-electron chi connectivity index (χ0n) is 8.20. The fourth-order valence-electron chi connectivity index (χ4n) is 1.74. The van der Waals surface area contributed by atoms with Crippen LogP contribution in [0.2, 0.25) is 0 Å². The maximum absolute atomic E-state index is 5.44. The molecule has 2 atom stereocenters. The Kier molecular flexibility index (Phi) is 2.17. The number of aromatic nitrogens is 3. The van der Waals surface area contributed by atoms with Crippen LogP contribution in [-0.2, 0) is 4.74 Å². The molecule has 3 rings (SSSR count). The minimum absolute atomic E-state index is 0.0790. The Morgan fingerprint density at radius 2 is 2.47 bits per heavy atom. The van der Waals surface area contributed by atoms with Gasteiger partial charge in [0.25, 0.3) is 0 Å². The first-order chi connectivity index (χ1) is 7.25. The van der Waals surface area contributed by atoms with Crippen molar-refractivity contribution in [2.24, 2.45) is 5.92 Å². The number of halogens is 1. The van der Waals surface area contributed by atoms with E-state index < -0.39 is 0 Å². The van der Waals surface area contributed by atoms with E-state index in [-0.39, 0.29) is 6.10 Å². The van der Waals surface area contributed by atoms with Crippen molar-refractivity contribution in [3.05, 3.63) is 21.8 Å². The van der Waals surface area contributed by atoms with E-state index in [1.54, 1.807) is 0 Å². The molecule has 78 valence electrons. The lowest BCUT2D eigenvalue weighted by Gasteiger charge is -2.32. The minimum atomic E-state index is 0.0790. The predicted molar refractivity (Wildman–Crippen MR) is 64.5 cm³/mol. The second-order valence-corrected chi connectivity index (χ2v) is 5.02. The molecular formula is C10H10IN3O. The van der Waals surface area contributed by atoms with Crippen LogP contribution in [-0.4, -0.2) is 21.6 Å². The topological polar surface area (TPSA) is 50.8 Å². The summed E-state index contributed by atoms with van der Waals surface area (Å²) in [6.45, 7) is 2.97. The first kappa shape index (κ1) is 9.53. The number of rotatable bonds is 1. The molecule has 2 aromatic rings. The molecule has 4 nitrogen and oxygen atoms in total. The molecule has 5 heteroatoms. The zero-order chi connectivity index (χ0) is 10.4. The maximum Gasteiger partial charge on any atom is 0.159 e. The van der Waals surface area contributed by atoms with Crippen LogP contribution in [0.5, 0.6) is 0 Å². The molecule has 0 saturated carbocycles. The van der Waals surface area contributed by atoms with E-state index in [0.29, 0.717) is 5.92 Å². The molecule has 1 aliphatic rings. The van der Waals surface area contributed by atoms with Gasteiger partial charge in [-0.3, -0.25) is 0 Å². The number of fused-ring (bicyclic) bond motifs is 1. The number of nitrogens with one attached hydrogen (secondary N) is 1. The lowest BCUT2D eigenvalue weighted by molar-refractivity contribution is -0.114. The number of H-pyrrole nitrogens is 1. The number of nitrogens with zero attached hydrogens (tertiary/aromatic N) is 2. The van der Waals surface area contributed by atoms with Gasteiger partial charge in [0.15, 0.2) is 5.82 Å². The van der Waals surface area contributed by atoms with Crippen LogP contribution >= 0.6 is 22.6 Å². The molecule has 0 bridgehead atoms. The summed E-state index contributed by atoms with van der Waals surface area (Å²) in [6, 6.07) is 0. The zero-order valence-corrected chi connectivity index (χ0v) is 10.4. The summed E-state index contributed by atoms with van der Waals surface area (Å²) in [7, 11) is 0. The molecule has 0 radical (unpaired) electrons. The van der Waals surface area contributed by atoms with Gasteiger partial charge in [-0.15, -0.1) is 0 Å². The highest BCUT2D eigenvalue weighted by Gasteiger charge is 2.32. The van der Waals surface area contributed by atoms with Gasteiger partial charge in [-0.25, -0.2) is 9.97 Å². The molecule has 2 aromatic heterocycles. The van der Waals surface area contributed by atoms with Crippen LogP contribution in [0.3, 0.4) is 0 Å². The molecule has 15 heavy (non-hydrogen) atoms. The normalized spacial score (nSPS) is 25.5. The summed E-state index contributed by atoms with van der Waals surface area (Å²) in [5, 5.41) is 1.08. The Bertz CT molecular complexity index is 510. The van der Waals surface area contributed by atoms with Crippen molar-refractivity contribution in [1.82, 2.24) is 15.0 Å². The van der Waals surface area contributed by atoms with E-state index in [4.69, 9.17) is 4.74 Å². The van der Waals surface area contributed by atoms with Crippen LogP contribution < -0.4 is 0 Å². The van der Waals surface area contributed by atoms with Gasteiger partial charge in [0.2, 0.25) is 0 Å². The van der Waals surface area contributed by atoms with E-state index in [1.807, 2.05) is 12.4 Å². The van der Waals surface area contributed by atoms with Crippen molar-refractivity contribution in [2.45, 2.75) is 13.0 Å². The number of hydrogen-bond acceptors (Lipinski definition) is 3. The smallest absolute Gasteiger partial charge is 0.159 e. The average molecular weight is 315 g/mol. The highest BCUT2D eigenvalue weighted by atomic mass is 127. The summed E-state index contributed by atoms with van der Waals surface area (Å²) in [5.74, 6) is 1.32. The molecule has 1 saturated heterocycles. The molecular weight excluding hydrogens is 305 g/mol. The molecule has 3 heterocycles. The Hall–Kier alpha value is -0.690. The van der Waals surface area contributed by atoms with E-state index in [1.165, 1.54) is 0 Å². The summed E-state index contributed by atoms with van der Waals surface area (Å²) < 4.78 is 6.59. The lowest BCUT2D eigenvalue weighted by atomic mass is 10.00. The first-order valence-corrected chi connectivity index (χ1v) is 5.94. The van der Waals surface area contributed by atoms with E-state index in [2.05, 4.69) is 44.5 Å². The highest BCUT2D eigenvalue weighted by Crippen LogP contribution is 2.33. The van der Waals surface area contributed by atoms with Crippen LogP contribution in [0.15, 0.2) is 12.4 Å². The Morgan fingerprint density at radius 3 is 3.13 bits per heavy atom. The standard InChI is InChI=1S/C10H10IN3O/c1-5-4-15-8(5)10-12-2-6-7(11)3-13-9(6)14-10/h2-3,5,8H,4H2,1H3,(H,12,13,14). The number of aromatic amines is 1. The fourth-order valence-corrected chi connectivity index (χ4v) is 2.29. The Labute approximate surface area is 101 Å². The predicted octanol–water partition coefficient (Wildman–Crippen LogP) is 2.27. The summed E-state index contributed by atoms with van der Waals surface area (Å²) >= 11 is 2.27.